The van der Waals surface area contributed by atoms with Gasteiger partial charge in [-0.25, -0.2) is 0 Å². The van der Waals surface area contributed by atoms with Crippen LogP contribution in [0.2, 0.25) is 0 Å². The minimum Gasteiger partial charge on any atom is -0.294 e. The summed E-state index contributed by atoms with van der Waals surface area (Å²) in [5.74, 6) is 0.176. The van der Waals surface area contributed by atoms with Gasteiger partial charge in [-0.15, -0.1) is 0 Å². The van der Waals surface area contributed by atoms with E-state index in [0.29, 0.717) is 24.0 Å². The average molecular weight is 190 g/mol. The molecule has 0 unspecified atom stereocenters. The van der Waals surface area contributed by atoms with Crippen LogP contribution in [0.5, 0.6) is 0 Å². The third-order valence-corrected chi connectivity index (χ3v) is 2.11. The average Bonchev–Trinajstić information content (AvgIpc) is 2.27. The normalized spacial score (nSPS) is 14.1. The fourth-order valence-electron chi connectivity index (χ4n) is 1.47. The summed E-state index contributed by atoms with van der Waals surface area (Å²) < 4.78 is 0. The molecule has 0 spiro atoms. The summed E-state index contributed by atoms with van der Waals surface area (Å²) in [4.78, 5) is 22.6. The molecule has 1 aromatic carbocycles. The van der Waals surface area contributed by atoms with Crippen molar-refractivity contribution in [2.24, 2.45) is 0 Å². The zero-order valence-corrected chi connectivity index (χ0v) is 8.54. The number of carbonyl (C=O) groups excluding carboxylic acids is 2. The molecule has 0 N–H and O–H groups in total. The van der Waals surface area contributed by atoms with Crippen molar-refractivity contribution in [3.63, 3.8) is 0 Å². The lowest BCUT2D eigenvalue weighted by Gasteiger charge is -2.11. The summed E-state index contributed by atoms with van der Waals surface area (Å²) in [6.45, 7) is 4.00. The molecule has 1 aromatic rings. The number of hydrogen-bond donors (Lipinski definition) is 0. The molecule has 2 nitrogen and oxygen atoms in total. The molecule has 0 atom stereocenters. The Morgan fingerprint density at radius 1 is 0.857 bits per heavy atom. The van der Waals surface area contributed by atoms with Gasteiger partial charge in [-0.1, -0.05) is 38.1 Å². The van der Waals surface area contributed by atoms with Gasteiger partial charge in [-0.05, 0) is 0 Å². The minimum atomic E-state index is 0.0881. The van der Waals surface area contributed by atoms with E-state index in [1.165, 1.54) is 0 Å². The molecule has 0 amide bonds. The molecule has 0 radical (unpaired) electrons. The molecule has 0 aromatic heterocycles. The number of hydrogen-bond acceptors (Lipinski definition) is 2. The molecule has 0 fully saturated rings. The van der Waals surface area contributed by atoms with Crippen LogP contribution in [0.15, 0.2) is 24.3 Å². The lowest BCUT2D eigenvalue weighted by molar-refractivity contribution is 0.0890. The molecule has 0 aliphatic heterocycles. The molecule has 1 aliphatic rings. The van der Waals surface area contributed by atoms with Crippen LogP contribution in [0.4, 0.5) is 0 Å². The van der Waals surface area contributed by atoms with Gasteiger partial charge >= 0.3 is 0 Å². The van der Waals surface area contributed by atoms with Crippen LogP contribution >= 0.6 is 0 Å². The van der Waals surface area contributed by atoms with Crippen molar-refractivity contribution < 1.29 is 9.59 Å². The van der Waals surface area contributed by atoms with Crippen LogP contribution in [0, 0.1) is 0 Å². The van der Waals surface area contributed by atoms with E-state index >= 15 is 0 Å². The van der Waals surface area contributed by atoms with Gasteiger partial charge in [0.25, 0.3) is 0 Å². The third-order valence-electron chi connectivity index (χ3n) is 2.11. The Morgan fingerprint density at radius 2 is 1.21 bits per heavy atom. The maximum Gasteiger partial charge on any atom is 0.164 e. The van der Waals surface area contributed by atoms with Crippen molar-refractivity contribution in [2.75, 3.05) is 0 Å². The fraction of sp³-hybridized carbons (Fsp3) is 0.333. The summed E-state index contributed by atoms with van der Waals surface area (Å²) >= 11 is 0. The van der Waals surface area contributed by atoms with E-state index in [1.54, 1.807) is 24.3 Å². The number of ketones is 2. The second kappa shape index (κ2) is 4.70. The van der Waals surface area contributed by atoms with Crippen LogP contribution in [-0.4, -0.2) is 11.6 Å². The van der Waals surface area contributed by atoms with Crippen LogP contribution in [-0.2, 0) is 0 Å². The van der Waals surface area contributed by atoms with Gasteiger partial charge in [0.1, 0.15) is 0 Å². The summed E-state index contributed by atoms with van der Waals surface area (Å²) in [5, 5.41) is 0. The first kappa shape index (κ1) is 10.6. The Bertz CT molecular complexity index is 318. The van der Waals surface area contributed by atoms with Crippen LogP contribution in [0.25, 0.3) is 0 Å². The Labute approximate surface area is 83.9 Å². The molecule has 74 valence electrons. The van der Waals surface area contributed by atoms with Crippen molar-refractivity contribution in [3.8, 4) is 0 Å². The summed E-state index contributed by atoms with van der Waals surface area (Å²) in [6, 6.07) is 7.01. The van der Waals surface area contributed by atoms with Gasteiger partial charge in [0.2, 0.25) is 0 Å². The molecule has 0 bridgehead atoms. The molecule has 2 rings (SSSR count). The Kier molecular flexibility index (Phi) is 3.57. The van der Waals surface area contributed by atoms with Gasteiger partial charge in [0.15, 0.2) is 11.6 Å². The highest BCUT2D eigenvalue weighted by molar-refractivity contribution is 6.13. The zero-order chi connectivity index (χ0) is 10.6. The van der Waals surface area contributed by atoms with E-state index in [2.05, 4.69) is 0 Å². The van der Waals surface area contributed by atoms with Gasteiger partial charge in [-0.3, -0.25) is 9.59 Å². The number of fused-ring (bicyclic) bond motifs is 1. The van der Waals surface area contributed by atoms with Crippen molar-refractivity contribution in [3.05, 3.63) is 35.4 Å². The van der Waals surface area contributed by atoms with Gasteiger partial charge in [-0.2, -0.15) is 0 Å². The van der Waals surface area contributed by atoms with Gasteiger partial charge in [0.05, 0.1) is 0 Å². The molecule has 0 saturated carbocycles. The van der Waals surface area contributed by atoms with E-state index in [-0.39, 0.29) is 11.6 Å². The molecule has 1 aliphatic carbocycles. The van der Waals surface area contributed by atoms with Crippen LogP contribution < -0.4 is 0 Å². The predicted octanol–water partition coefficient (Wildman–Crippen LogP) is 2.87. The molecular formula is C12H14O2. The van der Waals surface area contributed by atoms with E-state index in [0.717, 1.165) is 0 Å². The Balaban J connectivity index is 0.000000461. The number of Topliss-reactive ketones (excluding diaryl/α,β-unsaturated/α-hetero) is 2. The predicted molar refractivity (Wildman–Crippen MR) is 55.7 cm³/mol. The van der Waals surface area contributed by atoms with Crippen LogP contribution in [0.3, 0.4) is 0 Å². The quantitative estimate of drug-likeness (QED) is 0.630. The third kappa shape index (κ3) is 1.90. The molecule has 0 saturated heterocycles. The summed E-state index contributed by atoms with van der Waals surface area (Å²) in [7, 11) is 0. The first-order valence-electron chi connectivity index (χ1n) is 4.94. The first-order valence-corrected chi connectivity index (χ1v) is 4.94. The smallest absolute Gasteiger partial charge is 0.164 e. The SMILES string of the molecule is CC.O=C1CCC(=O)c2ccccc21. The van der Waals surface area contributed by atoms with E-state index in [4.69, 9.17) is 0 Å². The van der Waals surface area contributed by atoms with Crippen molar-refractivity contribution in [2.45, 2.75) is 26.7 Å². The van der Waals surface area contributed by atoms with Gasteiger partial charge < -0.3 is 0 Å². The number of carbonyl (C=O) groups is 2. The van der Waals surface area contributed by atoms with E-state index in [9.17, 15) is 9.59 Å². The summed E-state index contributed by atoms with van der Waals surface area (Å²) in [6.07, 6.45) is 0.742. The number of rotatable bonds is 0. The standard InChI is InChI=1S/C10H8O2.C2H6/c11-9-5-6-10(12)8-4-2-1-3-7(8)9;1-2/h1-4H,5-6H2;1-2H3. The van der Waals surface area contributed by atoms with Crippen molar-refractivity contribution >= 4 is 11.6 Å². The largest absolute Gasteiger partial charge is 0.294 e. The molecule has 2 heteroatoms. The van der Waals surface area contributed by atoms with Crippen LogP contribution in [0.1, 0.15) is 47.4 Å². The topological polar surface area (TPSA) is 34.1 Å². The number of benzene rings is 1. The second-order valence-corrected chi connectivity index (χ2v) is 2.89. The highest BCUT2D eigenvalue weighted by Gasteiger charge is 2.22. The highest BCUT2D eigenvalue weighted by atomic mass is 16.1. The highest BCUT2D eigenvalue weighted by Crippen LogP contribution is 2.20. The lowest BCUT2D eigenvalue weighted by atomic mass is 9.90. The summed E-state index contributed by atoms with van der Waals surface area (Å²) in [5.41, 5.74) is 1.18. The minimum absolute atomic E-state index is 0.0881. The van der Waals surface area contributed by atoms with E-state index < -0.39 is 0 Å². The maximum absolute atomic E-state index is 11.3. The molecule has 14 heavy (non-hydrogen) atoms. The Morgan fingerprint density at radius 3 is 1.57 bits per heavy atom. The van der Waals surface area contributed by atoms with Gasteiger partial charge in [0, 0.05) is 24.0 Å². The molecular weight excluding hydrogens is 176 g/mol. The zero-order valence-electron chi connectivity index (χ0n) is 8.54. The fourth-order valence-corrected chi connectivity index (χ4v) is 1.47. The molecule has 0 heterocycles. The maximum atomic E-state index is 11.3. The second-order valence-electron chi connectivity index (χ2n) is 2.89. The van der Waals surface area contributed by atoms with Crippen molar-refractivity contribution in [1.82, 2.24) is 0 Å². The lowest BCUT2D eigenvalue weighted by Crippen LogP contribution is -2.16. The first-order chi connectivity index (χ1) is 6.79. The Hall–Kier alpha value is -1.44. The van der Waals surface area contributed by atoms with E-state index in [1.807, 2.05) is 13.8 Å². The van der Waals surface area contributed by atoms with Crippen molar-refractivity contribution in [1.29, 1.82) is 0 Å². The monoisotopic (exact) mass is 190 g/mol.